The van der Waals surface area contributed by atoms with Crippen LogP contribution in [0.4, 0.5) is 0 Å². The Kier molecular flexibility index (Phi) is 6.32. The Morgan fingerprint density at radius 3 is 3.10 bits per heavy atom. The highest BCUT2D eigenvalue weighted by Gasteiger charge is 2.22. The minimum Gasteiger partial charge on any atom is -0.488 e. The molecule has 6 heteroatoms. The van der Waals surface area contributed by atoms with Gasteiger partial charge in [-0.15, -0.1) is 0 Å². The van der Waals surface area contributed by atoms with Gasteiger partial charge in [-0.3, -0.25) is 4.79 Å². The summed E-state index contributed by atoms with van der Waals surface area (Å²) in [4.78, 5) is 11.0. The fourth-order valence-corrected chi connectivity index (χ4v) is 3.09. The van der Waals surface area contributed by atoms with Gasteiger partial charge in [0.15, 0.2) is 0 Å². The minimum absolute atomic E-state index is 0.135. The van der Waals surface area contributed by atoms with Crippen LogP contribution < -0.4 is 10.1 Å². The molecule has 1 unspecified atom stereocenters. The molecule has 2 rings (SSSR count). The molecule has 0 spiro atoms. The van der Waals surface area contributed by atoms with E-state index < -0.39 is 0 Å². The molecule has 1 aromatic carbocycles. The smallest absolute Gasteiger partial charge is 0.305 e. The number of methoxy groups -OCH3 is 1. The van der Waals surface area contributed by atoms with Crippen LogP contribution in [0.5, 0.6) is 5.75 Å². The first-order valence-electron chi connectivity index (χ1n) is 6.91. The van der Waals surface area contributed by atoms with Crippen LogP contribution in [0.2, 0.25) is 0 Å². The summed E-state index contributed by atoms with van der Waals surface area (Å²) in [5, 5.41) is 3.21. The van der Waals surface area contributed by atoms with Crippen molar-refractivity contribution >= 4 is 34.3 Å². The molecule has 0 radical (unpaired) electrons. The van der Waals surface area contributed by atoms with Gasteiger partial charge in [0.25, 0.3) is 0 Å². The summed E-state index contributed by atoms with van der Waals surface area (Å²) in [5.74, 6) is 1.61. The molecule has 21 heavy (non-hydrogen) atoms. The van der Waals surface area contributed by atoms with E-state index in [1.165, 1.54) is 12.7 Å². The molecule has 0 saturated carbocycles. The number of ether oxygens (including phenoxy) is 2. The summed E-state index contributed by atoms with van der Waals surface area (Å²) >= 11 is 6.82. The summed E-state index contributed by atoms with van der Waals surface area (Å²) < 4.78 is 11.2. The highest BCUT2D eigenvalue weighted by Crippen LogP contribution is 2.27. The largest absolute Gasteiger partial charge is 0.488 e. The number of rotatable bonds is 6. The Hall–Kier alpha value is -1.27. The number of benzene rings is 1. The first-order valence-corrected chi connectivity index (χ1v) is 8.30. The zero-order valence-electron chi connectivity index (χ0n) is 12.0. The average Bonchev–Trinajstić information content (AvgIpc) is 2.92. The Bertz CT molecular complexity index is 482. The van der Waals surface area contributed by atoms with Crippen LogP contribution in [0.25, 0.3) is 0 Å². The van der Waals surface area contributed by atoms with Crippen LogP contribution in [0.3, 0.4) is 0 Å². The van der Waals surface area contributed by atoms with E-state index in [1.54, 1.807) is 11.8 Å². The van der Waals surface area contributed by atoms with E-state index in [9.17, 15) is 4.79 Å². The lowest BCUT2D eigenvalue weighted by Gasteiger charge is -2.13. The maximum atomic E-state index is 11.0. The van der Waals surface area contributed by atoms with E-state index in [-0.39, 0.29) is 12.1 Å². The average molecular weight is 325 g/mol. The molecule has 1 atom stereocenters. The zero-order chi connectivity index (χ0) is 15.1. The third kappa shape index (κ3) is 5.21. The molecule has 0 bridgehead atoms. The van der Waals surface area contributed by atoms with Gasteiger partial charge in [0.05, 0.1) is 13.7 Å². The number of thioether (sulfide) groups is 1. The van der Waals surface area contributed by atoms with Gasteiger partial charge >= 0.3 is 5.97 Å². The van der Waals surface area contributed by atoms with Gasteiger partial charge in [0.2, 0.25) is 0 Å². The fourth-order valence-electron chi connectivity index (χ4n) is 2.10. The van der Waals surface area contributed by atoms with E-state index in [4.69, 9.17) is 17.0 Å². The van der Waals surface area contributed by atoms with E-state index in [1.807, 2.05) is 18.2 Å². The second kappa shape index (κ2) is 8.24. The maximum absolute atomic E-state index is 11.0. The quantitative estimate of drug-likeness (QED) is 0.493. The normalized spacial score (nSPS) is 16.0. The van der Waals surface area contributed by atoms with Gasteiger partial charge in [-0.1, -0.05) is 42.2 Å². The summed E-state index contributed by atoms with van der Waals surface area (Å²) in [5.41, 5.74) is 1.25. The van der Waals surface area contributed by atoms with Crippen LogP contribution >= 0.6 is 24.0 Å². The lowest BCUT2D eigenvalue weighted by molar-refractivity contribution is -0.140. The molecule has 1 aromatic rings. The van der Waals surface area contributed by atoms with Crippen molar-refractivity contribution in [2.45, 2.75) is 25.4 Å². The Labute approximate surface area is 134 Å². The molecule has 4 nitrogen and oxygen atoms in total. The molecule has 0 amide bonds. The molecular formula is C15H19NO3S2. The monoisotopic (exact) mass is 325 g/mol. The van der Waals surface area contributed by atoms with Crippen LogP contribution in [-0.4, -0.2) is 35.8 Å². The van der Waals surface area contributed by atoms with E-state index in [2.05, 4.69) is 16.1 Å². The van der Waals surface area contributed by atoms with Crippen molar-refractivity contribution in [3.05, 3.63) is 29.8 Å². The third-order valence-corrected chi connectivity index (χ3v) is 4.57. The summed E-state index contributed by atoms with van der Waals surface area (Å²) in [6.45, 7) is 0.706. The predicted octanol–water partition coefficient (Wildman–Crippen LogP) is 2.55. The highest BCUT2D eigenvalue weighted by atomic mass is 32.2. The summed E-state index contributed by atoms with van der Waals surface area (Å²) in [6, 6.07) is 8.10. The van der Waals surface area contributed by atoms with Crippen molar-refractivity contribution in [1.82, 2.24) is 5.32 Å². The van der Waals surface area contributed by atoms with Crippen molar-refractivity contribution in [2.24, 2.45) is 0 Å². The van der Waals surface area contributed by atoms with Gasteiger partial charge in [-0.05, 0) is 18.1 Å². The van der Waals surface area contributed by atoms with E-state index >= 15 is 0 Å². The summed E-state index contributed by atoms with van der Waals surface area (Å²) in [6.07, 6.45) is 2.26. The maximum Gasteiger partial charge on any atom is 0.305 e. The predicted molar refractivity (Wildman–Crippen MR) is 88.9 cm³/mol. The second-order valence-corrected chi connectivity index (χ2v) is 6.52. The lowest BCUT2D eigenvalue weighted by atomic mass is 10.1. The first kappa shape index (κ1) is 16.1. The number of hydrogen-bond acceptors (Lipinski definition) is 5. The molecular weight excluding hydrogens is 306 g/mol. The van der Waals surface area contributed by atoms with Gasteiger partial charge < -0.3 is 14.8 Å². The van der Waals surface area contributed by atoms with Crippen molar-refractivity contribution in [2.75, 3.05) is 19.4 Å². The van der Waals surface area contributed by atoms with Crippen LogP contribution in [0, 0.1) is 0 Å². The molecule has 0 aromatic heterocycles. The van der Waals surface area contributed by atoms with Crippen LogP contribution in [0.15, 0.2) is 24.3 Å². The number of para-hydroxylation sites is 1. The first-order chi connectivity index (χ1) is 10.2. The second-order valence-electron chi connectivity index (χ2n) is 4.75. The lowest BCUT2D eigenvalue weighted by Crippen LogP contribution is -2.32. The van der Waals surface area contributed by atoms with Crippen molar-refractivity contribution < 1.29 is 14.3 Å². The third-order valence-electron chi connectivity index (χ3n) is 3.17. The Balaban J connectivity index is 1.59. The number of carbonyl (C=O) groups excluding carboxylic acids is 1. The number of nitrogens with one attached hydrogen (secondary N) is 1. The molecule has 1 aliphatic heterocycles. The molecule has 1 aliphatic rings. The summed E-state index contributed by atoms with van der Waals surface area (Å²) in [7, 11) is 1.40. The number of esters is 1. The Morgan fingerprint density at radius 1 is 1.52 bits per heavy atom. The molecule has 114 valence electrons. The van der Waals surface area contributed by atoms with Crippen LogP contribution in [0.1, 0.15) is 18.4 Å². The highest BCUT2D eigenvalue weighted by molar-refractivity contribution is 8.22. The number of thiocarbonyl (C=S) groups is 1. The standard InChI is InChI=1S/C15H19NO3S2/c1-18-14(17)7-4-8-21-15(20)16-10-12-9-11-5-2-3-6-13(11)19-12/h2-3,5-6,12H,4,7-10H2,1H3,(H,16,20). The molecule has 0 fully saturated rings. The number of hydrogen-bond donors (Lipinski definition) is 1. The van der Waals surface area contributed by atoms with Crippen molar-refractivity contribution in [3.8, 4) is 5.75 Å². The van der Waals surface area contributed by atoms with Crippen molar-refractivity contribution in [1.29, 1.82) is 0 Å². The molecule has 0 aliphatic carbocycles. The number of carbonyl (C=O) groups is 1. The molecule has 1 heterocycles. The minimum atomic E-state index is -0.174. The number of fused-ring (bicyclic) bond motifs is 1. The van der Waals surface area contributed by atoms with Crippen molar-refractivity contribution in [3.63, 3.8) is 0 Å². The SMILES string of the molecule is COC(=O)CCCSC(=S)NCC1Cc2ccccc2O1. The molecule has 0 saturated heterocycles. The fraction of sp³-hybridized carbons (Fsp3) is 0.467. The van der Waals surface area contributed by atoms with Gasteiger partial charge in [-0.2, -0.15) is 0 Å². The van der Waals surface area contributed by atoms with E-state index in [0.717, 1.165) is 28.7 Å². The Morgan fingerprint density at radius 2 is 2.33 bits per heavy atom. The van der Waals surface area contributed by atoms with Gasteiger partial charge in [-0.25, -0.2) is 0 Å². The topological polar surface area (TPSA) is 47.6 Å². The van der Waals surface area contributed by atoms with Crippen LogP contribution in [-0.2, 0) is 16.0 Å². The molecule has 1 N–H and O–H groups in total. The van der Waals surface area contributed by atoms with Gasteiger partial charge in [0.1, 0.15) is 16.2 Å². The van der Waals surface area contributed by atoms with Gasteiger partial charge in [0, 0.05) is 18.6 Å². The zero-order valence-corrected chi connectivity index (χ0v) is 13.6. The van der Waals surface area contributed by atoms with E-state index in [0.29, 0.717) is 13.0 Å².